The highest BCUT2D eigenvalue weighted by Crippen LogP contribution is 2.39. The second kappa shape index (κ2) is 6.30. The fraction of sp³-hybridized carbons (Fsp3) is 0.316. The van der Waals surface area contributed by atoms with Crippen molar-refractivity contribution >= 4 is 5.97 Å². The Balaban J connectivity index is 1.87. The number of hydrogen-bond donors (Lipinski definition) is 1. The van der Waals surface area contributed by atoms with Gasteiger partial charge in [-0.3, -0.25) is 4.79 Å². The van der Waals surface area contributed by atoms with Gasteiger partial charge in [-0.05, 0) is 41.2 Å². The minimum Gasteiger partial charge on any atom is -0.481 e. The van der Waals surface area contributed by atoms with E-state index < -0.39 is 23.6 Å². The summed E-state index contributed by atoms with van der Waals surface area (Å²) in [6.45, 7) is 0. The van der Waals surface area contributed by atoms with Gasteiger partial charge in [0.15, 0.2) is 0 Å². The smallest absolute Gasteiger partial charge is 0.416 e. The van der Waals surface area contributed by atoms with Crippen LogP contribution >= 0.6 is 0 Å². The molecule has 2 aromatic rings. The average molecular weight is 334 g/mol. The number of aliphatic carboxylic acids is 1. The van der Waals surface area contributed by atoms with Crippen LogP contribution in [-0.2, 0) is 11.0 Å². The first-order valence-electron chi connectivity index (χ1n) is 7.85. The number of alkyl halides is 3. The summed E-state index contributed by atoms with van der Waals surface area (Å²) in [6, 6.07) is 12.0. The van der Waals surface area contributed by atoms with Crippen LogP contribution < -0.4 is 0 Å². The van der Waals surface area contributed by atoms with Gasteiger partial charge in [0.2, 0.25) is 0 Å². The van der Waals surface area contributed by atoms with Crippen molar-refractivity contribution in [2.45, 2.75) is 31.4 Å². The first kappa shape index (κ1) is 16.6. The number of carbonyl (C=O) groups is 1. The zero-order valence-corrected chi connectivity index (χ0v) is 12.9. The normalized spacial score (nSPS) is 16.0. The molecule has 1 unspecified atom stereocenters. The molecule has 2 aromatic carbocycles. The van der Waals surface area contributed by atoms with Gasteiger partial charge >= 0.3 is 12.1 Å². The molecular formula is C19H17F3O2. The lowest BCUT2D eigenvalue weighted by Gasteiger charge is -2.14. The molecular weight excluding hydrogens is 317 g/mol. The molecule has 0 saturated heterocycles. The molecule has 0 aliphatic heterocycles. The molecule has 1 atom stereocenters. The van der Waals surface area contributed by atoms with E-state index in [1.54, 1.807) is 24.3 Å². The third-order valence-electron chi connectivity index (χ3n) is 4.40. The van der Waals surface area contributed by atoms with Crippen LogP contribution in [-0.4, -0.2) is 11.1 Å². The van der Waals surface area contributed by atoms with E-state index in [1.165, 1.54) is 12.1 Å². The minimum absolute atomic E-state index is 0.473. The van der Waals surface area contributed by atoms with Crippen LogP contribution in [0.3, 0.4) is 0 Å². The standard InChI is InChI=1S/C19H17F3O2/c20-19(21,22)16-8-6-13(7-9-16)14-2-1-3-15(11-14)17(18(23)24)10-12-4-5-12/h1-3,6-9,11-12,17H,4-5,10H2,(H,23,24). The van der Waals surface area contributed by atoms with Gasteiger partial charge in [-0.25, -0.2) is 0 Å². The Hall–Kier alpha value is -2.30. The highest BCUT2D eigenvalue weighted by Gasteiger charge is 2.31. The van der Waals surface area contributed by atoms with E-state index in [9.17, 15) is 23.1 Å². The molecule has 126 valence electrons. The van der Waals surface area contributed by atoms with E-state index in [-0.39, 0.29) is 0 Å². The van der Waals surface area contributed by atoms with Gasteiger partial charge in [0.1, 0.15) is 0 Å². The third-order valence-corrected chi connectivity index (χ3v) is 4.40. The number of benzene rings is 2. The third kappa shape index (κ3) is 3.78. The Morgan fingerprint density at radius 3 is 2.29 bits per heavy atom. The molecule has 2 nitrogen and oxygen atoms in total. The molecule has 1 aliphatic rings. The van der Waals surface area contributed by atoms with E-state index >= 15 is 0 Å². The van der Waals surface area contributed by atoms with E-state index in [4.69, 9.17) is 0 Å². The lowest BCUT2D eigenvalue weighted by molar-refractivity contribution is -0.139. The van der Waals surface area contributed by atoms with E-state index in [0.717, 1.165) is 30.5 Å². The topological polar surface area (TPSA) is 37.3 Å². The summed E-state index contributed by atoms with van der Waals surface area (Å²) >= 11 is 0. The van der Waals surface area contributed by atoms with Crippen LogP contribution in [0.5, 0.6) is 0 Å². The molecule has 24 heavy (non-hydrogen) atoms. The zero-order chi connectivity index (χ0) is 17.3. The molecule has 1 N–H and O–H groups in total. The van der Waals surface area contributed by atoms with Crippen LogP contribution in [0.15, 0.2) is 48.5 Å². The molecule has 0 spiro atoms. The van der Waals surface area contributed by atoms with Crippen molar-refractivity contribution in [3.8, 4) is 11.1 Å². The van der Waals surface area contributed by atoms with Gasteiger partial charge in [0, 0.05) is 0 Å². The number of rotatable bonds is 5. The van der Waals surface area contributed by atoms with Crippen molar-refractivity contribution in [3.05, 3.63) is 59.7 Å². The SMILES string of the molecule is O=C(O)C(CC1CC1)c1cccc(-c2ccc(C(F)(F)F)cc2)c1. The molecule has 0 amide bonds. The van der Waals surface area contributed by atoms with Crippen molar-refractivity contribution in [1.82, 2.24) is 0 Å². The monoisotopic (exact) mass is 334 g/mol. The second-order valence-corrected chi connectivity index (χ2v) is 6.27. The minimum atomic E-state index is -4.36. The Kier molecular flexibility index (Phi) is 4.35. The summed E-state index contributed by atoms with van der Waals surface area (Å²) < 4.78 is 37.9. The van der Waals surface area contributed by atoms with Gasteiger partial charge < -0.3 is 5.11 Å². The van der Waals surface area contributed by atoms with Crippen LogP contribution in [0.1, 0.15) is 36.3 Å². The van der Waals surface area contributed by atoms with Gasteiger partial charge in [-0.15, -0.1) is 0 Å². The fourth-order valence-corrected chi connectivity index (χ4v) is 2.85. The maximum absolute atomic E-state index is 12.6. The van der Waals surface area contributed by atoms with Crippen molar-refractivity contribution in [1.29, 1.82) is 0 Å². The second-order valence-electron chi connectivity index (χ2n) is 6.27. The molecule has 3 rings (SSSR count). The van der Waals surface area contributed by atoms with Gasteiger partial charge in [0.05, 0.1) is 11.5 Å². The maximum Gasteiger partial charge on any atom is 0.416 e. The summed E-state index contributed by atoms with van der Waals surface area (Å²) in [7, 11) is 0. The summed E-state index contributed by atoms with van der Waals surface area (Å²) in [5.74, 6) is -0.945. The maximum atomic E-state index is 12.6. The molecule has 1 aliphatic carbocycles. The zero-order valence-electron chi connectivity index (χ0n) is 12.9. The van der Waals surface area contributed by atoms with E-state index in [1.807, 2.05) is 0 Å². The molecule has 1 fully saturated rings. The summed E-state index contributed by atoms with van der Waals surface area (Å²) in [5, 5.41) is 9.47. The van der Waals surface area contributed by atoms with Gasteiger partial charge in [-0.2, -0.15) is 13.2 Å². The summed E-state index contributed by atoms with van der Waals surface area (Å²) in [4.78, 5) is 11.5. The Labute approximate surface area is 137 Å². The largest absolute Gasteiger partial charge is 0.481 e. The van der Waals surface area contributed by atoms with Crippen molar-refractivity contribution in [2.24, 2.45) is 5.92 Å². The van der Waals surface area contributed by atoms with Crippen LogP contribution in [0.2, 0.25) is 0 Å². The van der Waals surface area contributed by atoms with Crippen molar-refractivity contribution in [3.63, 3.8) is 0 Å². The van der Waals surface area contributed by atoms with Crippen LogP contribution in [0.4, 0.5) is 13.2 Å². The lowest BCUT2D eigenvalue weighted by atomic mass is 9.91. The number of halogens is 3. The van der Waals surface area contributed by atoms with E-state index in [2.05, 4.69) is 0 Å². The van der Waals surface area contributed by atoms with Crippen molar-refractivity contribution < 1.29 is 23.1 Å². The van der Waals surface area contributed by atoms with E-state index in [0.29, 0.717) is 23.5 Å². The van der Waals surface area contributed by atoms with Crippen molar-refractivity contribution in [2.75, 3.05) is 0 Å². The summed E-state index contributed by atoms with van der Waals surface area (Å²) in [5.41, 5.74) is 1.37. The number of hydrogen-bond acceptors (Lipinski definition) is 1. The molecule has 0 bridgehead atoms. The Bertz CT molecular complexity index is 731. The quantitative estimate of drug-likeness (QED) is 0.801. The van der Waals surface area contributed by atoms with Crippen LogP contribution in [0, 0.1) is 5.92 Å². The highest BCUT2D eigenvalue weighted by atomic mass is 19.4. The Morgan fingerprint density at radius 1 is 1.08 bits per heavy atom. The molecule has 0 radical (unpaired) electrons. The average Bonchev–Trinajstić information content (AvgIpc) is 3.36. The first-order valence-corrected chi connectivity index (χ1v) is 7.85. The fourth-order valence-electron chi connectivity index (χ4n) is 2.85. The molecule has 0 heterocycles. The van der Waals surface area contributed by atoms with Gasteiger partial charge in [0.25, 0.3) is 0 Å². The number of carboxylic acids is 1. The first-order chi connectivity index (χ1) is 11.3. The molecule has 5 heteroatoms. The molecule has 1 saturated carbocycles. The highest BCUT2D eigenvalue weighted by molar-refractivity contribution is 5.77. The predicted octanol–water partition coefficient (Wildman–Crippen LogP) is 5.34. The van der Waals surface area contributed by atoms with Crippen LogP contribution in [0.25, 0.3) is 11.1 Å². The van der Waals surface area contributed by atoms with Gasteiger partial charge in [-0.1, -0.05) is 49.2 Å². The number of carboxylic acid groups (broad SMARTS) is 1. The summed E-state index contributed by atoms with van der Waals surface area (Å²) in [6.07, 6.45) is -1.60. The predicted molar refractivity (Wildman–Crippen MR) is 84.6 cm³/mol. The Morgan fingerprint density at radius 2 is 1.75 bits per heavy atom. The lowest BCUT2D eigenvalue weighted by Crippen LogP contribution is -2.12. The molecule has 0 aromatic heterocycles.